The molecule has 3 aromatic rings. The first-order chi connectivity index (χ1) is 13.2. The molecular formula is C22H23FN2O2. The highest BCUT2D eigenvalue weighted by molar-refractivity contribution is 5.42. The van der Waals surface area contributed by atoms with Gasteiger partial charge in [0, 0.05) is 37.6 Å². The first kappa shape index (κ1) is 18.9. The number of halogens is 1. The van der Waals surface area contributed by atoms with Crippen molar-refractivity contribution < 1.29 is 13.9 Å². The van der Waals surface area contributed by atoms with Gasteiger partial charge in [0.25, 0.3) is 0 Å². The van der Waals surface area contributed by atoms with E-state index in [4.69, 9.17) is 9.47 Å². The molecule has 0 atom stereocenters. The molecule has 0 aliphatic carbocycles. The predicted molar refractivity (Wildman–Crippen MR) is 103 cm³/mol. The fourth-order valence-electron chi connectivity index (χ4n) is 3.02. The van der Waals surface area contributed by atoms with Crippen LogP contribution in [0.4, 0.5) is 4.39 Å². The quantitative estimate of drug-likeness (QED) is 0.590. The van der Waals surface area contributed by atoms with E-state index in [1.807, 2.05) is 48.7 Å². The molecule has 0 N–H and O–H groups in total. The smallest absolute Gasteiger partial charge is 0.161 e. The molecule has 0 fully saturated rings. The van der Waals surface area contributed by atoms with Crippen LogP contribution in [0.5, 0.6) is 11.5 Å². The molecule has 0 saturated heterocycles. The summed E-state index contributed by atoms with van der Waals surface area (Å²) >= 11 is 0. The Morgan fingerprint density at radius 1 is 0.852 bits per heavy atom. The van der Waals surface area contributed by atoms with Gasteiger partial charge in [0.15, 0.2) is 11.5 Å². The fourth-order valence-corrected chi connectivity index (χ4v) is 3.02. The average Bonchev–Trinajstić information content (AvgIpc) is 2.70. The number of ether oxygens (including phenoxy) is 2. The third kappa shape index (κ3) is 5.05. The van der Waals surface area contributed by atoms with Gasteiger partial charge in [0.1, 0.15) is 5.82 Å². The van der Waals surface area contributed by atoms with E-state index >= 15 is 0 Å². The molecule has 1 aromatic heterocycles. The van der Waals surface area contributed by atoms with Crippen LogP contribution in [-0.4, -0.2) is 24.1 Å². The molecule has 0 spiro atoms. The number of rotatable bonds is 8. The standard InChI is InChI=1S/C22H23FN2O2/c1-26-21-10-9-17(12-22(21)27-2)14-25(15-18-6-5-11-24-13-18)16-19-7-3-4-8-20(19)23/h3-13H,14-16H2,1-2H3. The Bertz CT molecular complexity index is 871. The third-order valence-electron chi connectivity index (χ3n) is 4.33. The topological polar surface area (TPSA) is 34.6 Å². The lowest BCUT2D eigenvalue weighted by Gasteiger charge is -2.23. The molecule has 4 nitrogen and oxygen atoms in total. The first-order valence-corrected chi connectivity index (χ1v) is 8.75. The van der Waals surface area contributed by atoms with E-state index in [0.717, 1.165) is 11.1 Å². The highest BCUT2D eigenvalue weighted by Gasteiger charge is 2.13. The minimum atomic E-state index is -0.194. The zero-order valence-corrected chi connectivity index (χ0v) is 15.6. The van der Waals surface area contributed by atoms with E-state index in [1.165, 1.54) is 6.07 Å². The highest BCUT2D eigenvalue weighted by atomic mass is 19.1. The molecule has 0 radical (unpaired) electrons. The molecule has 0 aliphatic heterocycles. The highest BCUT2D eigenvalue weighted by Crippen LogP contribution is 2.28. The summed E-state index contributed by atoms with van der Waals surface area (Å²) < 4.78 is 24.9. The Morgan fingerprint density at radius 2 is 1.63 bits per heavy atom. The average molecular weight is 366 g/mol. The minimum Gasteiger partial charge on any atom is -0.493 e. The molecule has 0 saturated carbocycles. The summed E-state index contributed by atoms with van der Waals surface area (Å²) in [5, 5.41) is 0. The molecule has 0 unspecified atom stereocenters. The van der Waals surface area contributed by atoms with Crippen LogP contribution < -0.4 is 9.47 Å². The van der Waals surface area contributed by atoms with Crippen LogP contribution in [0, 0.1) is 5.82 Å². The number of hydrogen-bond donors (Lipinski definition) is 0. The summed E-state index contributed by atoms with van der Waals surface area (Å²) in [6.45, 7) is 1.80. The number of nitrogens with zero attached hydrogens (tertiary/aromatic N) is 2. The number of hydrogen-bond acceptors (Lipinski definition) is 4. The molecule has 0 bridgehead atoms. The fraction of sp³-hybridized carbons (Fsp3) is 0.227. The van der Waals surface area contributed by atoms with Crippen molar-refractivity contribution in [3.63, 3.8) is 0 Å². The lowest BCUT2D eigenvalue weighted by Crippen LogP contribution is -2.23. The molecule has 3 rings (SSSR count). The largest absolute Gasteiger partial charge is 0.493 e. The number of methoxy groups -OCH3 is 2. The van der Waals surface area contributed by atoms with E-state index in [0.29, 0.717) is 36.7 Å². The van der Waals surface area contributed by atoms with Crippen LogP contribution >= 0.6 is 0 Å². The summed E-state index contributed by atoms with van der Waals surface area (Å²) in [6.07, 6.45) is 3.59. The van der Waals surface area contributed by atoms with Gasteiger partial charge in [-0.2, -0.15) is 0 Å². The Kier molecular flexibility index (Phi) is 6.39. The monoisotopic (exact) mass is 366 g/mol. The molecular weight excluding hydrogens is 343 g/mol. The lowest BCUT2D eigenvalue weighted by molar-refractivity contribution is 0.243. The number of aromatic nitrogens is 1. The molecule has 0 amide bonds. The van der Waals surface area contributed by atoms with Crippen LogP contribution in [0.1, 0.15) is 16.7 Å². The molecule has 5 heteroatoms. The SMILES string of the molecule is COc1ccc(CN(Cc2cccnc2)Cc2ccccc2F)cc1OC. The van der Waals surface area contributed by atoms with Gasteiger partial charge >= 0.3 is 0 Å². The summed E-state index contributed by atoms with van der Waals surface area (Å²) in [4.78, 5) is 6.36. The van der Waals surface area contributed by atoms with E-state index < -0.39 is 0 Å². The van der Waals surface area contributed by atoms with Crippen molar-refractivity contribution >= 4 is 0 Å². The van der Waals surface area contributed by atoms with Crippen LogP contribution in [0.3, 0.4) is 0 Å². The van der Waals surface area contributed by atoms with Crippen molar-refractivity contribution in [2.75, 3.05) is 14.2 Å². The molecule has 1 heterocycles. The number of pyridine rings is 1. The van der Waals surface area contributed by atoms with Crippen LogP contribution in [0.15, 0.2) is 67.0 Å². The van der Waals surface area contributed by atoms with Crippen molar-refractivity contribution in [1.82, 2.24) is 9.88 Å². The first-order valence-electron chi connectivity index (χ1n) is 8.75. The molecule has 2 aromatic carbocycles. The van der Waals surface area contributed by atoms with Gasteiger partial charge in [-0.15, -0.1) is 0 Å². The normalized spacial score (nSPS) is 10.8. The van der Waals surface area contributed by atoms with E-state index in [9.17, 15) is 4.39 Å². The summed E-state index contributed by atoms with van der Waals surface area (Å²) in [6, 6.07) is 16.7. The van der Waals surface area contributed by atoms with E-state index in [-0.39, 0.29) is 5.82 Å². The maximum Gasteiger partial charge on any atom is 0.161 e. The third-order valence-corrected chi connectivity index (χ3v) is 4.33. The van der Waals surface area contributed by atoms with Crippen molar-refractivity contribution in [2.45, 2.75) is 19.6 Å². The van der Waals surface area contributed by atoms with Crippen molar-refractivity contribution in [1.29, 1.82) is 0 Å². The Hall–Kier alpha value is -2.92. The number of benzene rings is 2. The second-order valence-corrected chi connectivity index (χ2v) is 6.29. The Morgan fingerprint density at radius 3 is 2.33 bits per heavy atom. The molecule has 140 valence electrons. The summed E-state index contributed by atoms with van der Waals surface area (Å²) in [5.41, 5.74) is 2.81. The minimum absolute atomic E-state index is 0.194. The van der Waals surface area contributed by atoms with Crippen molar-refractivity contribution in [3.05, 3.63) is 89.5 Å². The van der Waals surface area contributed by atoms with Gasteiger partial charge in [-0.3, -0.25) is 9.88 Å². The predicted octanol–water partition coefficient (Wildman–Crippen LogP) is 4.44. The Balaban J connectivity index is 1.84. The van der Waals surface area contributed by atoms with Crippen molar-refractivity contribution in [3.8, 4) is 11.5 Å². The van der Waals surface area contributed by atoms with Gasteiger partial charge in [0.05, 0.1) is 14.2 Å². The van der Waals surface area contributed by atoms with Crippen molar-refractivity contribution in [2.24, 2.45) is 0 Å². The zero-order chi connectivity index (χ0) is 19.1. The second-order valence-electron chi connectivity index (χ2n) is 6.29. The Labute approximate surface area is 159 Å². The maximum absolute atomic E-state index is 14.2. The van der Waals surface area contributed by atoms with Gasteiger partial charge < -0.3 is 9.47 Å². The molecule has 27 heavy (non-hydrogen) atoms. The maximum atomic E-state index is 14.2. The van der Waals surface area contributed by atoms with Gasteiger partial charge in [-0.05, 0) is 35.4 Å². The van der Waals surface area contributed by atoms with Gasteiger partial charge in [-0.25, -0.2) is 4.39 Å². The second kappa shape index (κ2) is 9.14. The van der Waals surface area contributed by atoms with Crippen LogP contribution in [-0.2, 0) is 19.6 Å². The lowest BCUT2D eigenvalue weighted by atomic mass is 10.1. The van der Waals surface area contributed by atoms with Crippen LogP contribution in [0.25, 0.3) is 0 Å². The summed E-state index contributed by atoms with van der Waals surface area (Å²) in [7, 11) is 3.23. The molecule has 0 aliphatic rings. The van der Waals surface area contributed by atoms with E-state index in [1.54, 1.807) is 26.5 Å². The zero-order valence-electron chi connectivity index (χ0n) is 15.6. The van der Waals surface area contributed by atoms with Gasteiger partial charge in [-0.1, -0.05) is 30.3 Å². The van der Waals surface area contributed by atoms with Gasteiger partial charge in [0.2, 0.25) is 0 Å². The summed E-state index contributed by atoms with van der Waals surface area (Å²) in [5.74, 6) is 1.18. The van der Waals surface area contributed by atoms with E-state index in [2.05, 4.69) is 9.88 Å². The van der Waals surface area contributed by atoms with Crippen LogP contribution in [0.2, 0.25) is 0 Å².